The third kappa shape index (κ3) is 2.77. The molecule has 1 atom stereocenters. The molecule has 0 saturated heterocycles. The van der Waals surface area contributed by atoms with E-state index in [0.29, 0.717) is 13.2 Å². The van der Waals surface area contributed by atoms with Gasteiger partial charge < -0.3 is 15.4 Å². The molecule has 1 aromatic carbocycles. The van der Waals surface area contributed by atoms with Crippen LogP contribution in [0.15, 0.2) is 24.3 Å². The van der Waals surface area contributed by atoms with Crippen LogP contribution in [0.5, 0.6) is 0 Å². The molecule has 0 fully saturated rings. The molecule has 0 bridgehead atoms. The Balaban J connectivity index is 2.41. The van der Waals surface area contributed by atoms with Gasteiger partial charge in [0.05, 0.1) is 12.1 Å². The summed E-state index contributed by atoms with van der Waals surface area (Å²) in [4.78, 5) is 2.50. The first-order valence-electron chi connectivity index (χ1n) is 7.32. The zero-order valence-corrected chi connectivity index (χ0v) is 12.2. The van der Waals surface area contributed by atoms with E-state index >= 15 is 0 Å². The first-order valence-corrected chi connectivity index (χ1v) is 7.32. The van der Waals surface area contributed by atoms with Crippen LogP contribution < -0.4 is 10.6 Å². The molecule has 1 heterocycles. The lowest BCUT2D eigenvalue weighted by molar-refractivity contribution is 0.127. The normalized spacial score (nSPS) is 18.6. The summed E-state index contributed by atoms with van der Waals surface area (Å²) in [6.07, 6.45) is 4.65. The van der Waals surface area contributed by atoms with Crippen molar-refractivity contribution in [1.29, 1.82) is 0 Å². The van der Waals surface area contributed by atoms with Gasteiger partial charge in [0, 0.05) is 25.9 Å². The highest BCUT2D eigenvalue weighted by Crippen LogP contribution is 2.33. The van der Waals surface area contributed by atoms with E-state index in [9.17, 15) is 0 Å². The van der Waals surface area contributed by atoms with E-state index in [1.165, 1.54) is 30.5 Å². The monoisotopic (exact) mass is 262 g/mol. The van der Waals surface area contributed by atoms with E-state index in [1.54, 1.807) is 7.11 Å². The third-order valence-corrected chi connectivity index (χ3v) is 4.38. The van der Waals surface area contributed by atoms with Crippen molar-refractivity contribution in [3.8, 4) is 0 Å². The minimum Gasteiger partial charge on any atom is -0.382 e. The highest BCUT2D eigenvalue weighted by Gasteiger charge is 2.35. The Morgan fingerprint density at radius 2 is 2.11 bits per heavy atom. The average molecular weight is 262 g/mol. The maximum atomic E-state index is 6.12. The lowest BCUT2D eigenvalue weighted by atomic mass is 9.93. The van der Waals surface area contributed by atoms with Crippen LogP contribution in [0.1, 0.15) is 31.7 Å². The van der Waals surface area contributed by atoms with Crippen LogP contribution in [0.3, 0.4) is 0 Å². The summed E-state index contributed by atoms with van der Waals surface area (Å²) in [5, 5.41) is 0. The van der Waals surface area contributed by atoms with Crippen molar-refractivity contribution in [2.45, 2.75) is 38.1 Å². The number of benzene rings is 1. The Labute approximate surface area is 116 Å². The molecule has 0 spiro atoms. The highest BCUT2D eigenvalue weighted by molar-refractivity contribution is 5.56. The Morgan fingerprint density at radius 1 is 1.32 bits per heavy atom. The van der Waals surface area contributed by atoms with Gasteiger partial charge in [-0.15, -0.1) is 0 Å². The van der Waals surface area contributed by atoms with Crippen molar-refractivity contribution in [3.05, 3.63) is 29.8 Å². The molecule has 106 valence electrons. The van der Waals surface area contributed by atoms with Gasteiger partial charge in [0.2, 0.25) is 0 Å². The number of ether oxygens (including phenoxy) is 1. The molecule has 3 nitrogen and oxygen atoms in total. The fourth-order valence-corrected chi connectivity index (χ4v) is 3.14. The van der Waals surface area contributed by atoms with Gasteiger partial charge in [-0.05, 0) is 37.3 Å². The van der Waals surface area contributed by atoms with Crippen molar-refractivity contribution in [3.63, 3.8) is 0 Å². The summed E-state index contributed by atoms with van der Waals surface area (Å²) in [5.74, 6) is 0. The summed E-state index contributed by atoms with van der Waals surface area (Å²) >= 11 is 0. The van der Waals surface area contributed by atoms with E-state index in [-0.39, 0.29) is 5.54 Å². The number of para-hydroxylation sites is 1. The fraction of sp³-hybridized carbons (Fsp3) is 0.625. The van der Waals surface area contributed by atoms with E-state index in [1.807, 2.05) is 0 Å². The Hall–Kier alpha value is -1.06. The second kappa shape index (κ2) is 6.40. The lowest BCUT2D eigenvalue weighted by Gasteiger charge is -2.44. The van der Waals surface area contributed by atoms with Gasteiger partial charge in [-0.2, -0.15) is 0 Å². The van der Waals surface area contributed by atoms with Crippen molar-refractivity contribution in [1.82, 2.24) is 0 Å². The molecule has 0 aromatic heterocycles. The standard InChI is InChI=1S/C16H26N2O/c1-3-16(12-17,13-19-2)18-11-7-6-9-14-8-4-5-10-15(14)18/h4-5,8,10H,3,6-7,9,11-13,17H2,1-2H3. The molecule has 0 aliphatic carbocycles. The minimum atomic E-state index is -0.0742. The smallest absolute Gasteiger partial charge is 0.0754 e. The Kier molecular flexibility index (Phi) is 4.83. The van der Waals surface area contributed by atoms with E-state index in [0.717, 1.165) is 13.0 Å². The first-order chi connectivity index (χ1) is 9.27. The predicted molar refractivity (Wildman–Crippen MR) is 80.7 cm³/mol. The Morgan fingerprint density at radius 3 is 2.79 bits per heavy atom. The zero-order valence-electron chi connectivity index (χ0n) is 12.2. The SMILES string of the molecule is CCC(CN)(COC)N1CCCCc2ccccc21. The quantitative estimate of drug-likeness (QED) is 0.886. The number of hydrogen-bond donors (Lipinski definition) is 1. The van der Waals surface area contributed by atoms with Gasteiger partial charge in [-0.1, -0.05) is 25.1 Å². The number of hydrogen-bond acceptors (Lipinski definition) is 3. The van der Waals surface area contributed by atoms with Gasteiger partial charge in [0.1, 0.15) is 0 Å². The molecule has 1 aromatic rings. The molecule has 0 amide bonds. The number of anilines is 1. The number of nitrogens with two attached hydrogens (primary N) is 1. The van der Waals surface area contributed by atoms with Crippen LogP contribution in [0.4, 0.5) is 5.69 Å². The van der Waals surface area contributed by atoms with Crippen LogP contribution >= 0.6 is 0 Å². The van der Waals surface area contributed by atoms with Gasteiger partial charge in [0.15, 0.2) is 0 Å². The maximum Gasteiger partial charge on any atom is 0.0754 e. The van der Waals surface area contributed by atoms with Gasteiger partial charge in [0.25, 0.3) is 0 Å². The first kappa shape index (κ1) is 14.4. The van der Waals surface area contributed by atoms with Crippen molar-refractivity contribution < 1.29 is 4.74 Å². The maximum absolute atomic E-state index is 6.12. The second-order valence-electron chi connectivity index (χ2n) is 5.45. The van der Waals surface area contributed by atoms with Crippen molar-refractivity contribution >= 4 is 5.69 Å². The summed E-state index contributed by atoms with van der Waals surface area (Å²) in [6.45, 7) is 4.60. The average Bonchev–Trinajstić information content (AvgIpc) is 2.68. The predicted octanol–water partition coefficient (Wildman–Crippen LogP) is 2.58. The summed E-state index contributed by atoms with van der Waals surface area (Å²) < 4.78 is 5.48. The number of aryl methyl sites for hydroxylation is 1. The van der Waals surface area contributed by atoms with Crippen LogP contribution in [-0.4, -0.2) is 32.3 Å². The van der Waals surface area contributed by atoms with Gasteiger partial charge in [-0.3, -0.25) is 0 Å². The largest absolute Gasteiger partial charge is 0.382 e. The minimum absolute atomic E-state index is 0.0742. The number of fused-ring (bicyclic) bond motifs is 1. The molecule has 0 radical (unpaired) electrons. The van der Waals surface area contributed by atoms with Crippen LogP contribution in [0.25, 0.3) is 0 Å². The van der Waals surface area contributed by atoms with Crippen LogP contribution in [0, 0.1) is 0 Å². The highest BCUT2D eigenvalue weighted by atomic mass is 16.5. The van der Waals surface area contributed by atoms with E-state index in [4.69, 9.17) is 10.5 Å². The molecule has 1 unspecified atom stereocenters. The topological polar surface area (TPSA) is 38.5 Å². The van der Waals surface area contributed by atoms with Gasteiger partial charge in [-0.25, -0.2) is 0 Å². The summed E-state index contributed by atoms with van der Waals surface area (Å²) in [6, 6.07) is 8.74. The number of nitrogens with zero attached hydrogens (tertiary/aromatic N) is 1. The molecular weight excluding hydrogens is 236 g/mol. The Bertz CT molecular complexity index is 401. The van der Waals surface area contributed by atoms with Crippen molar-refractivity contribution in [2.75, 3.05) is 31.7 Å². The van der Waals surface area contributed by atoms with Crippen LogP contribution in [0.2, 0.25) is 0 Å². The molecule has 0 saturated carbocycles. The van der Waals surface area contributed by atoms with E-state index in [2.05, 4.69) is 36.1 Å². The van der Waals surface area contributed by atoms with Crippen LogP contribution in [-0.2, 0) is 11.2 Å². The zero-order chi connectivity index (χ0) is 13.7. The number of rotatable bonds is 5. The van der Waals surface area contributed by atoms with Gasteiger partial charge >= 0.3 is 0 Å². The molecule has 2 rings (SSSR count). The summed E-state index contributed by atoms with van der Waals surface area (Å²) in [5.41, 5.74) is 8.85. The molecule has 2 N–H and O–H groups in total. The molecule has 19 heavy (non-hydrogen) atoms. The molecular formula is C16H26N2O. The fourth-order valence-electron chi connectivity index (χ4n) is 3.14. The van der Waals surface area contributed by atoms with Crippen molar-refractivity contribution in [2.24, 2.45) is 5.73 Å². The summed E-state index contributed by atoms with van der Waals surface area (Å²) in [7, 11) is 1.77. The van der Waals surface area contributed by atoms with E-state index < -0.39 is 0 Å². The lowest BCUT2D eigenvalue weighted by Crippen LogP contribution is -2.57. The third-order valence-electron chi connectivity index (χ3n) is 4.38. The number of methoxy groups -OCH3 is 1. The molecule has 1 aliphatic heterocycles. The second-order valence-corrected chi connectivity index (χ2v) is 5.45. The molecule has 1 aliphatic rings. The molecule has 3 heteroatoms.